The van der Waals surface area contributed by atoms with E-state index < -0.39 is 5.91 Å². The van der Waals surface area contributed by atoms with E-state index in [0.29, 0.717) is 10.6 Å². The van der Waals surface area contributed by atoms with E-state index in [-0.39, 0.29) is 6.04 Å². The minimum Gasteiger partial charge on any atom is -0.378 e. The molecule has 21 heavy (non-hydrogen) atoms. The molecule has 110 valence electrons. The molecule has 3 nitrogen and oxygen atoms in total. The van der Waals surface area contributed by atoms with Gasteiger partial charge in [-0.05, 0) is 65.0 Å². The molecule has 0 aliphatic heterocycles. The number of benzene rings is 1. The number of thiophene rings is 1. The first-order valence-electron chi connectivity index (χ1n) is 6.68. The number of hydrogen-bond acceptors (Lipinski definition) is 3. The van der Waals surface area contributed by atoms with Gasteiger partial charge >= 0.3 is 0 Å². The highest BCUT2D eigenvalue weighted by Gasteiger charge is 2.22. The van der Waals surface area contributed by atoms with Crippen LogP contribution in [0.4, 0.5) is 5.69 Å². The quantitative estimate of drug-likeness (QED) is 0.801. The van der Waals surface area contributed by atoms with Crippen LogP contribution in [0.3, 0.4) is 0 Å². The van der Waals surface area contributed by atoms with Gasteiger partial charge in [-0.25, -0.2) is 0 Å². The zero-order valence-corrected chi connectivity index (χ0v) is 14.3. The van der Waals surface area contributed by atoms with Gasteiger partial charge in [-0.3, -0.25) is 4.79 Å². The second-order valence-electron chi connectivity index (χ2n) is 5.08. The molecule has 1 aliphatic rings. The number of aryl methyl sites for hydroxylation is 1. The van der Waals surface area contributed by atoms with E-state index in [1.54, 1.807) is 23.5 Å². The van der Waals surface area contributed by atoms with Crippen molar-refractivity contribution in [3.63, 3.8) is 0 Å². The molecule has 0 saturated carbocycles. The summed E-state index contributed by atoms with van der Waals surface area (Å²) >= 11 is 11.5. The Morgan fingerprint density at radius 2 is 2.24 bits per heavy atom. The Bertz CT molecular complexity index is 701. The average Bonchev–Trinajstić information content (AvgIpc) is 2.80. The van der Waals surface area contributed by atoms with E-state index in [9.17, 15) is 4.79 Å². The second-order valence-corrected chi connectivity index (χ2v) is 8.00. The van der Waals surface area contributed by atoms with Gasteiger partial charge in [0.1, 0.15) is 0 Å². The number of halogens is 2. The van der Waals surface area contributed by atoms with Crippen LogP contribution in [0.5, 0.6) is 0 Å². The molecule has 2 aromatic rings. The topological polar surface area (TPSA) is 55.1 Å². The normalized spacial score (nSPS) is 17.3. The smallest absolute Gasteiger partial charge is 0.250 e. The van der Waals surface area contributed by atoms with Crippen molar-refractivity contribution < 1.29 is 4.79 Å². The number of amides is 1. The molecular weight excluding hydrogens is 372 g/mol. The van der Waals surface area contributed by atoms with E-state index in [4.69, 9.17) is 17.3 Å². The summed E-state index contributed by atoms with van der Waals surface area (Å²) in [4.78, 5) is 12.6. The van der Waals surface area contributed by atoms with E-state index in [1.165, 1.54) is 20.6 Å². The molecule has 1 unspecified atom stereocenters. The Kier molecular flexibility index (Phi) is 4.24. The van der Waals surface area contributed by atoms with Crippen molar-refractivity contribution in [3.8, 4) is 0 Å². The third-order valence-corrected chi connectivity index (χ3v) is 5.69. The summed E-state index contributed by atoms with van der Waals surface area (Å²) in [6, 6.07) is 7.75. The summed E-state index contributed by atoms with van der Waals surface area (Å²) in [6.07, 6.45) is 3.40. The fourth-order valence-corrected chi connectivity index (χ4v) is 4.77. The molecule has 1 heterocycles. The highest BCUT2D eigenvalue weighted by Crippen LogP contribution is 2.39. The molecular formula is C15H14BrClN2OS. The Morgan fingerprint density at radius 1 is 1.43 bits per heavy atom. The van der Waals surface area contributed by atoms with Crippen LogP contribution in [0.15, 0.2) is 28.1 Å². The van der Waals surface area contributed by atoms with Gasteiger partial charge in [-0.2, -0.15) is 0 Å². The van der Waals surface area contributed by atoms with Gasteiger partial charge in [-0.15, -0.1) is 11.3 Å². The first kappa shape index (κ1) is 14.9. The SMILES string of the molecule is NC(=O)c1ccc(NC2CCCc3sc(Br)cc32)cc1Cl. The van der Waals surface area contributed by atoms with Crippen molar-refractivity contribution in [1.82, 2.24) is 0 Å². The monoisotopic (exact) mass is 384 g/mol. The Balaban J connectivity index is 1.84. The number of carbonyl (C=O) groups is 1. The van der Waals surface area contributed by atoms with Crippen LogP contribution < -0.4 is 11.1 Å². The summed E-state index contributed by atoms with van der Waals surface area (Å²) in [5.74, 6) is -0.506. The zero-order chi connectivity index (χ0) is 15.0. The van der Waals surface area contributed by atoms with Crippen LogP contribution >= 0.6 is 38.9 Å². The lowest BCUT2D eigenvalue weighted by Crippen LogP contribution is -2.16. The lowest BCUT2D eigenvalue weighted by Gasteiger charge is -2.24. The third kappa shape index (κ3) is 3.10. The van der Waals surface area contributed by atoms with Gasteiger partial charge in [0.15, 0.2) is 0 Å². The van der Waals surface area contributed by atoms with Crippen molar-refractivity contribution >= 4 is 50.5 Å². The van der Waals surface area contributed by atoms with Crippen LogP contribution in [0.2, 0.25) is 5.02 Å². The molecule has 3 N–H and O–H groups in total. The fourth-order valence-electron chi connectivity index (χ4n) is 2.68. The molecule has 0 fully saturated rings. The number of primary amides is 1. The van der Waals surface area contributed by atoms with Gasteiger partial charge < -0.3 is 11.1 Å². The zero-order valence-electron chi connectivity index (χ0n) is 11.2. The second kappa shape index (κ2) is 5.99. The Labute approximate surface area is 140 Å². The highest BCUT2D eigenvalue weighted by molar-refractivity contribution is 9.11. The minimum atomic E-state index is -0.506. The number of hydrogen-bond donors (Lipinski definition) is 2. The number of anilines is 1. The van der Waals surface area contributed by atoms with E-state index >= 15 is 0 Å². The lowest BCUT2D eigenvalue weighted by molar-refractivity contribution is 0.100. The van der Waals surface area contributed by atoms with Gasteiger partial charge in [0.2, 0.25) is 5.91 Å². The first-order valence-corrected chi connectivity index (χ1v) is 8.67. The van der Waals surface area contributed by atoms with Gasteiger partial charge in [0.25, 0.3) is 0 Å². The van der Waals surface area contributed by atoms with Crippen LogP contribution in [-0.4, -0.2) is 5.91 Å². The molecule has 0 radical (unpaired) electrons. The maximum atomic E-state index is 11.2. The molecule has 0 saturated heterocycles. The maximum Gasteiger partial charge on any atom is 0.250 e. The van der Waals surface area contributed by atoms with Crippen molar-refractivity contribution in [2.45, 2.75) is 25.3 Å². The van der Waals surface area contributed by atoms with Gasteiger partial charge in [0.05, 0.1) is 20.4 Å². The van der Waals surface area contributed by atoms with Crippen LogP contribution in [-0.2, 0) is 6.42 Å². The molecule has 6 heteroatoms. The Morgan fingerprint density at radius 3 is 2.95 bits per heavy atom. The maximum absolute atomic E-state index is 11.2. The molecule has 0 bridgehead atoms. The van der Waals surface area contributed by atoms with Crippen molar-refractivity contribution in [2.24, 2.45) is 5.73 Å². The largest absolute Gasteiger partial charge is 0.378 e. The molecule has 1 aliphatic carbocycles. The molecule has 1 aromatic heterocycles. The van der Waals surface area contributed by atoms with E-state index in [0.717, 1.165) is 18.5 Å². The molecule has 1 aromatic carbocycles. The number of nitrogens with one attached hydrogen (secondary N) is 1. The summed E-state index contributed by atoms with van der Waals surface area (Å²) < 4.78 is 1.17. The summed E-state index contributed by atoms with van der Waals surface area (Å²) in [5.41, 5.74) is 7.88. The predicted octanol–water partition coefficient (Wildman–Crippen LogP) is 4.75. The van der Waals surface area contributed by atoms with Gasteiger partial charge in [-0.1, -0.05) is 11.6 Å². The van der Waals surface area contributed by atoms with Crippen LogP contribution in [0, 0.1) is 0 Å². The number of fused-ring (bicyclic) bond motifs is 1. The van der Waals surface area contributed by atoms with Crippen molar-refractivity contribution in [1.29, 1.82) is 0 Å². The number of carbonyl (C=O) groups excluding carboxylic acids is 1. The minimum absolute atomic E-state index is 0.284. The first-order chi connectivity index (χ1) is 10.0. The fraction of sp³-hybridized carbons (Fsp3) is 0.267. The molecule has 1 amide bonds. The van der Waals surface area contributed by atoms with Crippen LogP contribution in [0.1, 0.15) is 39.7 Å². The average molecular weight is 386 g/mol. The lowest BCUT2D eigenvalue weighted by atomic mass is 9.94. The molecule has 0 spiro atoms. The number of nitrogens with two attached hydrogens (primary N) is 1. The van der Waals surface area contributed by atoms with Crippen molar-refractivity contribution in [3.05, 3.63) is 49.1 Å². The summed E-state index contributed by atoms with van der Waals surface area (Å²) in [5, 5.41) is 3.89. The summed E-state index contributed by atoms with van der Waals surface area (Å²) in [7, 11) is 0. The van der Waals surface area contributed by atoms with E-state index in [2.05, 4.69) is 27.3 Å². The van der Waals surface area contributed by atoms with Crippen molar-refractivity contribution in [2.75, 3.05) is 5.32 Å². The number of rotatable bonds is 3. The highest BCUT2D eigenvalue weighted by atomic mass is 79.9. The molecule has 1 atom stereocenters. The standard InChI is InChI=1S/C15H14BrClN2OS/c16-14-7-10-12(2-1-3-13(10)21-14)19-8-4-5-9(15(18)20)11(17)6-8/h4-7,12,19H,1-3H2,(H2,18,20). The predicted molar refractivity (Wildman–Crippen MR) is 91.3 cm³/mol. The van der Waals surface area contributed by atoms with Crippen LogP contribution in [0.25, 0.3) is 0 Å². The Hall–Kier alpha value is -1.04. The van der Waals surface area contributed by atoms with Gasteiger partial charge in [0, 0.05) is 10.6 Å². The van der Waals surface area contributed by atoms with E-state index in [1.807, 2.05) is 6.07 Å². The summed E-state index contributed by atoms with van der Waals surface area (Å²) in [6.45, 7) is 0. The molecule has 3 rings (SSSR count). The third-order valence-electron chi connectivity index (χ3n) is 3.66.